The molecule has 0 saturated carbocycles. The third kappa shape index (κ3) is 4.07. The highest BCUT2D eigenvalue weighted by Gasteiger charge is 2.22. The first-order valence-electron chi connectivity index (χ1n) is 6.82. The van der Waals surface area contributed by atoms with Gasteiger partial charge in [0, 0.05) is 31.7 Å². The van der Waals surface area contributed by atoms with Crippen LogP contribution < -0.4 is 5.32 Å². The predicted octanol–water partition coefficient (Wildman–Crippen LogP) is 0.193. The minimum atomic E-state index is 0.0773. The Morgan fingerprint density at radius 3 is 2.83 bits per heavy atom. The largest absolute Gasteiger partial charge is 0.381 e. The van der Waals surface area contributed by atoms with Gasteiger partial charge in [-0.2, -0.15) is 0 Å². The van der Waals surface area contributed by atoms with Gasteiger partial charge in [0.2, 0.25) is 5.91 Å². The summed E-state index contributed by atoms with van der Waals surface area (Å²) in [4.78, 5) is 24.7. The summed E-state index contributed by atoms with van der Waals surface area (Å²) in [7, 11) is 0. The zero-order valence-electron chi connectivity index (χ0n) is 10.8. The van der Waals surface area contributed by atoms with Crippen LogP contribution in [0.15, 0.2) is 0 Å². The van der Waals surface area contributed by atoms with Crippen molar-refractivity contribution in [2.45, 2.75) is 31.7 Å². The number of piperidine rings is 1. The van der Waals surface area contributed by atoms with Gasteiger partial charge in [0.1, 0.15) is 6.29 Å². The second kappa shape index (κ2) is 6.85. The highest BCUT2D eigenvalue weighted by molar-refractivity contribution is 5.78. The molecule has 2 aliphatic heterocycles. The normalized spacial score (nSPS) is 26.8. The molecule has 0 aliphatic carbocycles. The average Bonchev–Trinajstić information content (AvgIpc) is 2.40. The fourth-order valence-electron chi connectivity index (χ4n) is 2.66. The van der Waals surface area contributed by atoms with Crippen LogP contribution in [0.25, 0.3) is 0 Å². The van der Waals surface area contributed by atoms with Crippen LogP contribution in [0.5, 0.6) is 0 Å². The van der Waals surface area contributed by atoms with Gasteiger partial charge < -0.3 is 14.8 Å². The lowest BCUT2D eigenvalue weighted by atomic mass is 10.00. The maximum absolute atomic E-state index is 11.9. The average molecular weight is 254 g/mol. The Morgan fingerprint density at radius 2 is 2.11 bits per heavy atom. The Bertz CT molecular complexity index is 290. The molecule has 0 radical (unpaired) electrons. The summed E-state index contributed by atoms with van der Waals surface area (Å²) >= 11 is 0. The first kappa shape index (κ1) is 13.5. The number of rotatable bonds is 4. The molecule has 18 heavy (non-hydrogen) atoms. The molecule has 1 unspecified atom stereocenters. The lowest BCUT2D eigenvalue weighted by Gasteiger charge is -2.30. The Kier molecular flexibility index (Phi) is 5.13. The van der Waals surface area contributed by atoms with Gasteiger partial charge in [-0.3, -0.25) is 9.69 Å². The standard InChI is InChI=1S/C13H22N2O3/c16-10-11-2-1-5-15(8-11)9-13(17)14-12-3-6-18-7-4-12/h10-12H,1-9H2,(H,14,17). The number of aldehydes is 1. The van der Waals surface area contributed by atoms with Crippen LogP contribution in [0.2, 0.25) is 0 Å². The first-order chi connectivity index (χ1) is 8.78. The van der Waals surface area contributed by atoms with E-state index in [2.05, 4.69) is 10.2 Å². The van der Waals surface area contributed by atoms with E-state index >= 15 is 0 Å². The molecule has 1 N–H and O–H groups in total. The van der Waals surface area contributed by atoms with Crippen LogP contribution in [-0.2, 0) is 14.3 Å². The van der Waals surface area contributed by atoms with Gasteiger partial charge in [0.25, 0.3) is 0 Å². The molecule has 2 saturated heterocycles. The molecule has 0 aromatic rings. The van der Waals surface area contributed by atoms with Crippen molar-refractivity contribution >= 4 is 12.2 Å². The second-order valence-electron chi connectivity index (χ2n) is 5.23. The second-order valence-corrected chi connectivity index (χ2v) is 5.23. The summed E-state index contributed by atoms with van der Waals surface area (Å²) in [5, 5.41) is 3.05. The number of nitrogens with one attached hydrogen (secondary N) is 1. The van der Waals surface area contributed by atoms with Crippen molar-refractivity contribution in [3.8, 4) is 0 Å². The molecule has 2 heterocycles. The quantitative estimate of drug-likeness (QED) is 0.728. The van der Waals surface area contributed by atoms with Crippen LogP contribution >= 0.6 is 0 Å². The summed E-state index contributed by atoms with van der Waals surface area (Å²) in [5.41, 5.74) is 0. The third-order valence-electron chi connectivity index (χ3n) is 3.69. The number of ether oxygens (including phenoxy) is 1. The maximum Gasteiger partial charge on any atom is 0.234 e. The number of amides is 1. The summed E-state index contributed by atoms with van der Waals surface area (Å²) in [5.74, 6) is 0.183. The Labute approximate surface area is 108 Å². The van der Waals surface area contributed by atoms with Crippen LogP contribution in [0.3, 0.4) is 0 Å². The Balaban J connectivity index is 1.71. The number of carbonyl (C=O) groups excluding carboxylic acids is 2. The van der Waals surface area contributed by atoms with Crippen molar-refractivity contribution in [1.29, 1.82) is 0 Å². The number of nitrogens with zero attached hydrogens (tertiary/aromatic N) is 1. The molecule has 5 heteroatoms. The Morgan fingerprint density at radius 1 is 1.33 bits per heavy atom. The maximum atomic E-state index is 11.9. The van der Waals surface area contributed by atoms with Gasteiger partial charge >= 0.3 is 0 Å². The van der Waals surface area contributed by atoms with Crippen LogP contribution in [-0.4, -0.2) is 56.0 Å². The van der Waals surface area contributed by atoms with Gasteiger partial charge in [-0.25, -0.2) is 0 Å². The van der Waals surface area contributed by atoms with Gasteiger partial charge in [-0.05, 0) is 32.2 Å². The number of carbonyl (C=O) groups is 2. The van der Waals surface area contributed by atoms with Crippen molar-refractivity contribution in [3.05, 3.63) is 0 Å². The van der Waals surface area contributed by atoms with Crippen molar-refractivity contribution in [2.75, 3.05) is 32.8 Å². The lowest BCUT2D eigenvalue weighted by molar-refractivity contribution is -0.124. The summed E-state index contributed by atoms with van der Waals surface area (Å²) in [6.45, 7) is 3.54. The van der Waals surface area contributed by atoms with Crippen molar-refractivity contribution < 1.29 is 14.3 Å². The Hall–Kier alpha value is -0.940. The predicted molar refractivity (Wildman–Crippen MR) is 67.2 cm³/mol. The van der Waals surface area contributed by atoms with Crippen molar-refractivity contribution in [3.63, 3.8) is 0 Å². The molecule has 0 aromatic carbocycles. The topological polar surface area (TPSA) is 58.6 Å². The van der Waals surface area contributed by atoms with Crippen molar-refractivity contribution in [2.24, 2.45) is 5.92 Å². The van der Waals surface area contributed by atoms with E-state index in [1.807, 2.05) is 0 Å². The van der Waals surface area contributed by atoms with Gasteiger partial charge in [0.05, 0.1) is 6.54 Å². The minimum absolute atomic E-state index is 0.0773. The molecule has 2 fully saturated rings. The van der Waals surface area contributed by atoms with E-state index in [0.29, 0.717) is 6.54 Å². The van der Waals surface area contributed by atoms with E-state index in [9.17, 15) is 9.59 Å². The molecule has 1 atom stereocenters. The van der Waals surface area contributed by atoms with Crippen molar-refractivity contribution in [1.82, 2.24) is 10.2 Å². The molecular formula is C13H22N2O3. The lowest BCUT2D eigenvalue weighted by Crippen LogP contribution is -2.46. The van der Waals surface area contributed by atoms with Gasteiger partial charge in [-0.1, -0.05) is 0 Å². The zero-order valence-corrected chi connectivity index (χ0v) is 10.8. The fraction of sp³-hybridized carbons (Fsp3) is 0.846. The molecular weight excluding hydrogens is 232 g/mol. The van der Waals surface area contributed by atoms with E-state index in [-0.39, 0.29) is 17.9 Å². The van der Waals surface area contributed by atoms with Crippen LogP contribution in [0.4, 0.5) is 0 Å². The monoisotopic (exact) mass is 254 g/mol. The van der Waals surface area contributed by atoms with Gasteiger partial charge in [0.15, 0.2) is 0 Å². The van der Waals surface area contributed by atoms with E-state index in [0.717, 1.165) is 58.3 Å². The molecule has 0 spiro atoms. The SMILES string of the molecule is O=CC1CCCN(CC(=O)NC2CCOCC2)C1. The highest BCUT2D eigenvalue weighted by atomic mass is 16.5. The van der Waals surface area contributed by atoms with E-state index in [1.54, 1.807) is 0 Å². The smallest absolute Gasteiger partial charge is 0.234 e. The first-order valence-corrected chi connectivity index (χ1v) is 6.82. The third-order valence-corrected chi connectivity index (χ3v) is 3.69. The molecule has 5 nitrogen and oxygen atoms in total. The summed E-state index contributed by atoms with van der Waals surface area (Å²) in [6.07, 6.45) is 4.80. The minimum Gasteiger partial charge on any atom is -0.381 e. The molecule has 1 amide bonds. The fourth-order valence-corrected chi connectivity index (χ4v) is 2.66. The summed E-state index contributed by atoms with van der Waals surface area (Å²) in [6, 6.07) is 0.262. The number of hydrogen-bond acceptors (Lipinski definition) is 4. The summed E-state index contributed by atoms with van der Waals surface area (Å²) < 4.78 is 5.26. The highest BCUT2D eigenvalue weighted by Crippen LogP contribution is 2.14. The molecule has 0 aromatic heterocycles. The van der Waals surface area contributed by atoms with E-state index in [4.69, 9.17) is 4.74 Å². The molecule has 2 rings (SSSR count). The number of hydrogen-bond donors (Lipinski definition) is 1. The number of likely N-dealkylation sites (tertiary alicyclic amines) is 1. The van der Waals surface area contributed by atoms with Crippen LogP contribution in [0.1, 0.15) is 25.7 Å². The van der Waals surface area contributed by atoms with Crippen LogP contribution in [0, 0.1) is 5.92 Å². The molecule has 2 aliphatic rings. The van der Waals surface area contributed by atoms with E-state index < -0.39 is 0 Å². The van der Waals surface area contributed by atoms with Gasteiger partial charge in [-0.15, -0.1) is 0 Å². The molecule has 102 valence electrons. The zero-order chi connectivity index (χ0) is 12.8. The van der Waals surface area contributed by atoms with E-state index in [1.165, 1.54) is 0 Å². The molecule has 0 bridgehead atoms.